The van der Waals surface area contributed by atoms with Crippen molar-refractivity contribution in [3.8, 4) is 40.4 Å². The number of hydrogen-bond acceptors (Lipinski definition) is 3. The second kappa shape index (κ2) is 9.91. The lowest BCUT2D eigenvalue weighted by molar-refractivity contribution is 0.415. The number of rotatable bonds is 4. The summed E-state index contributed by atoms with van der Waals surface area (Å²) in [5.74, 6) is 0.752. The average molecular weight is 565 g/mol. The maximum absolute atomic E-state index is 9.98. The first-order valence-electron chi connectivity index (χ1n) is 14.3. The maximum Gasteiger partial charge on any atom is 0.119 e. The lowest BCUT2D eigenvalue weighted by Gasteiger charge is -2.11. The standard InChI is InChI=1S/C39H24N4O/c1-44-30-15-18-37-34(22-30)33-20-26(14-17-36(33)43(37)38-19-25(23-40)11-12-28(38)24-41)27-13-16-32-31-9-5-6-10-35(31)42(39(32)21-27)29-7-3-2-4-8-29/h2-22H,1H3. The van der Waals surface area contributed by atoms with E-state index in [-0.39, 0.29) is 0 Å². The molecule has 0 unspecified atom stereocenters. The highest BCUT2D eigenvalue weighted by Crippen LogP contribution is 2.39. The van der Waals surface area contributed by atoms with Crippen LogP contribution in [-0.2, 0) is 0 Å². The second-order valence-corrected chi connectivity index (χ2v) is 10.8. The Morgan fingerprint density at radius 1 is 0.523 bits per heavy atom. The quantitative estimate of drug-likeness (QED) is 0.214. The molecule has 0 aliphatic carbocycles. The first kappa shape index (κ1) is 25.4. The summed E-state index contributed by atoms with van der Waals surface area (Å²) in [6.07, 6.45) is 0. The van der Waals surface area contributed by atoms with Gasteiger partial charge in [-0.15, -0.1) is 0 Å². The van der Waals surface area contributed by atoms with Crippen LogP contribution in [0, 0.1) is 22.7 Å². The topological polar surface area (TPSA) is 66.7 Å². The Bertz CT molecular complexity index is 2510. The van der Waals surface area contributed by atoms with Gasteiger partial charge in [0, 0.05) is 27.2 Å². The number of hydrogen-bond donors (Lipinski definition) is 0. The van der Waals surface area contributed by atoms with Gasteiger partial charge in [-0.25, -0.2) is 0 Å². The van der Waals surface area contributed by atoms with Crippen LogP contribution in [0.4, 0.5) is 0 Å². The average Bonchev–Trinajstić information content (AvgIpc) is 3.59. The zero-order chi connectivity index (χ0) is 29.8. The molecular formula is C39H24N4O. The van der Waals surface area contributed by atoms with Gasteiger partial charge in [-0.2, -0.15) is 10.5 Å². The number of aromatic nitrogens is 2. The molecule has 0 spiro atoms. The van der Waals surface area contributed by atoms with E-state index in [4.69, 9.17) is 4.74 Å². The number of fused-ring (bicyclic) bond motifs is 6. The van der Waals surface area contributed by atoms with E-state index in [9.17, 15) is 10.5 Å². The molecule has 6 aromatic carbocycles. The van der Waals surface area contributed by atoms with Crippen molar-refractivity contribution in [2.75, 3.05) is 7.11 Å². The number of methoxy groups -OCH3 is 1. The molecule has 0 atom stereocenters. The third-order valence-electron chi connectivity index (χ3n) is 8.48. The van der Waals surface area contributed by atoms with Crippen molar-refractivity contribution >= 4 is 43.6 Å². The van der Waals surface area contributed by atoms with Crippen LogP contribution in [0.5, 0.6) is 5.75 Å². The van der Waals surface area contributed by atoms with Gasteiger partial charge < -0.3 is 13.9 Å². The lowest BCUT2D eigenvalue weighted by Crippen LogP contribution is -1.98. The number of benzene rings is 6. The van der Waals surface area contributed by atoms with E-state index >= 15 is 0 Å². The van der Waals surface area contributed by atoms with Crippen molar-refractivity contribution in [2.24, 2.45) is 0 Å². The monoisotopic (exact) mass is 564 g/mol. The lowest BCUT2D eigenvalue weighted by atomic mass is 10.0. The molecule has 0 saturated carbocycles. The maximum atomic E-state index is 9.98. The molecule has 0 aliphatic rings. The number of nitriles is 2. The summed E-state index contributed by atoms with van der Waals surface area (Å²) >= 11 is 0. The fourth-order valence-electron chi connectivity index (χ4n) is 6.45. The molecule has 0 N–H and O–H groups in total. The molecule has 206 valence electrons. The van der Waals surface area contributed by atoms with Crippen molar-refractivity contribution in [1.82, 2.24) is 9.13 Å². The summed E-state index contributed by atoms with van der Waals surface area (Å²) in [7, 11) is 1.66. The van der Waals surface area contributed by atoms with Gasteiger partial charge in [-0.05, 0) is 83.9 Å². The Labute approximate surface area is 253 Å². The minimum atomic E-state index is 0.501. The fraction of sp³-hybridized carbons (Fsp3) is 0.0256. The molecule has 0 fully saturated rings. The van der Waals surface area contributed by atoms with E-state index in [1.807, 2.05) is 24.3 Å². The molecule has 5 nitrogen and oxygen atoms in total. The molecule has 0 radical (unpaired) electrons. The van der Waals surface area contributed by atoms with Crippen LogP contribution in [-0.4, -0.2) is 16.2 Å². The second-order valence-electron chi connectivity index (χ2n) is 10.8. The Hall–Kier alpha value is -6.30. The fourth-order valence-corrected chi connectivity index (χ4v) is 6.45. The summed E-state index contributed by atoms with van der Waals surface area (Å²) in [6, 6.07) is 47.8. The summed E-state index contributed by atoms with van der Waals surface area (Å²) in [4.78, 5) is 0. The molecule has 0 aliphatic heterocycles. The van der Waals surface area contributed by atoms with Gasteiger partial charge in [0.05, 0.1) is 52.1 Å². The minimum absolute atomic E-state index is 0.501. The normalized spacial score (nSPS) is 11.2. The predicted molar refractivity (Wildman–Crippen MR) is 177 cm³/mol. The van der Waals surface area contributed by atoms with Crippen LogP contribution >= 0.6 is 0 Å². The van der Waals surface area contributed by atoms with Gasteiger partial charge >= 0.3 is 0 Å². The molecular weight excluding hydrogens is 540 g/mol. The van der Waals surface area contributed by atoms with Gasteiger partial charge in [0.2, 0.25) is 0 Å². The van der Waals surface area contributed by atoms with Crippen LogP contribution in [0.2, 0.25) is 0 Å². The molecule has 8 aromatic rings. The van der Waals surface area contributed by atoms with Crippen molar-refractivity contribution in [2.45, 2.75) is 0 Å². The summed E-state index contributed by atoms with van der Waals surface area (Å²) < 4.78 is 10.0. The predicted octanol–water partition coefficient (Wildman–Crippen LogP) is 9.30. The highest BCUT2D eigenvalue weighted by Gasteiger charge is 2.18. The minimum Gasteiger partial charge on any atom is -0.497 e. The highest BCUT2D eigenvalue weighted by atomic mass is 16.5. The SMILES string of the molecule is COc1ccc2c(c1)c1cc(-c3ccc4c5ccccc5n(-c5ccccc5)c4c3)ccc1n2-c1cc(C#N)ccc1C#N. The van der Waals surface area contributed by atoms with Gasteiger partial charge in [0.25, 0.3) is 0 Å². The number of ether oxygens (including phenoxy) is 1. The zero-order valence-corrected chi connectivity index (χ0v) is 23.8. The van der Waals surface area contributed by atoms with E-state index in [2.05, 4.69) is 106 Å². The van der Waals surface area contributed by atoms with Gasteiger partial charge in [0.15, 0.2) is 0 Å². The Balaban J connectivity index is 1.40. The van der Waals surface area contributed by atoms with E-state index in [0.717, 1.165) is 49.9 Å². The van der Waals surface area contributed by atoms with Crippen molar-refractivity contribution in [1.29, 1.82) is 10.5 Å². The third-order valence-corrected chi connectivity index (χ3v) is 8.48. The summed E-state index contributed by atoms with van der Waals surface area (Å²) in [5, 5.41) is 24.1. The zero-order valence-electron chi connectivity index (χ0n) is 23.8. The molecule has 0 saturated heterocycles. The first-order valence-corrected chi connectivity index (χ1v) is 14.3. The summed E-state index contributed by atoms with van der Waals surface area (Å²) in [5.41, 5.74) is 9.18. The number of nitrogens with zero attached hydrogens (tertiary/aromatic N) is 4. The smallest absolute Gasteiger partial charge is 0.119 e. The molecule has 8 rings (SSSR count). The van der Waals surface area contributed by atoms with Crippen molar-refractivity contribution in [3.05, 3.63) is 139 Å². The Morgan fingerprint density at radius 2 is 1.20 bits per heavy atom. The van der Waals surface area contributed by atoms with Gasteiger partial charge in [-0.1, -0.05) is 54.6 Å². The molecule has 44 heavy (non-hydrogen) atoms. The summed E-state index contributed by atoms with van der Waals surface area (Å²) in [6.45, 7) is 0. The van der Waals surface area contributed by atoms with E-state index in [1.54, 1.807) is 25.3 Å². The Morgan fingerprint density at radius 3 is 2.00 bits per heavy atom. The molecule has 0 amide bonds. The highest BCUT2D eigenvalue weighted by molar-refractivity contribution is 6.12. The van der Waals surface area contributed by atoms with Crippen LogP contribution in [0.1, 0.15) is 11.1 Å². The van der Waals surface area contributed by atoms with Crippen LogP contribution in [0.3, 0.4) is 0 Å². The molecule has 5 heteroatoms. The van der Waals surface area contributed by atoms with Crippen LogP contribution in [0.25, 0.3) is 66.1 Å². The van der Waals surface area contributed by atoms with Gasteiger partial charge in [-0.3, -0.25) is 0 Å². The molecule has 2 heterocycles. The molecule has 2 aromatic heterocycles. The van der Waals surface area contributed by atoms with Crippen molar-refractivity contribution in [3.63, 3.8) is 0 Å². The van der Waals surface area contributed by atoms with Crippen molar-refractivity contribution < 1.29 is 4.74 Å². The third kappa shape index (κ3) is 3.78. The largest absolute Gasteiger partial charge is 0.497 e. The van der Waals surface area contributed by atoms with E-state index in [0.29, 0.717) is 16.8 Å². The Kier molecular flexibility index (Phi) is 5.72. The van der Waals surface area contributed by atoms with E-state index in [1.165, 1.54) is 16.3 Å². The van der Waals surface area contributed by atoms with Gasteiger partial charge in [0.1, 0.15) is 11.8 Å². The first-order chi connectivity index (χ1) is 21.7. The van der Waals surface area contributed by atoms with Crippen LogP contribution in [0.15, 0.2) is 127 Å². The number of para-hydroxylation sites is 2. The van der Waals surface area contributed by atoms with E-state index < -0.39 is 0 Å². The molecule has 0 bridgehead atoms. The van der Waals surface area contributed by atoms with Crippen LogP contribution < -0.4 is 4.74 Å².